The Balaban J connectivity index is 1.57. The van der Waals surface area contributed by atoms with Crippen LogP contribution in [0.1, 0.15) is 11.1 Å². The Bertz CT molecular complexity index is 1210. The number of morpholine rings is 1. The van der Waals surface area contributed by atoms with Gasteiger partial charge in [-0.15, -0.1) is 0 Å². The third-order valence-corrected chi connectivity index (χ3v) is 5.05. The van der Waals surface area contributed by atoms with Gasteiger partial charge in [-0.2, -0.15) is 5.26 Å². The first-order valence-electron chi connectivity index (χ1n) is 10.2. The Labute approximate surface area is 184 Å². The molecule has 3 N–H and O–H groups in total. The predicted octanol–water partition coefficient (Wildman–Crippen LogP) is 3.22. The van der Waals surface area contributed by atoms with Gasteiger partial charge in [-0.05, 0) is 31.2 Å². The largest absolute Gasteiger partial charge is 0.378 e. The molecule has 1 aliphatic heterocycles. The summed E-state index contributed by atoms with van der Waals surface area (Å²) in [4.78, 5) is 33.6. The molecule has 1 saturated heterocycles. The van der Waals surface area contributed by atoms with Crippen LogP contribution in [-0.2, 0) is 4.74 Å². The monoisotopic (exact) mass is 430 g/mol. The molecule has 3 aromatic rings. The minimum Gasteiger partial charge on any atom is -0.378 e. The Kier molecular flexibility index (Phi) is 6.14. The van der Waals surface area contributed by atoms with Crippen LogP contribution in [0.25, 0.3) is 11.3 Å². The topological polar surface area (TPSA) is 123 Å². The number of nitrogens with zero attached hydrogens (tertiary/aromatic N) is 3. The van der Waals surface area contributed by atoms with E-state index in [-0.39, 0.29) is 23.2 Å². The highest BCUT2D eigenvalue weighted by molar-refractivity contribution is 5.89. The maximum Gasteiger partial charge on any atom is 0.321 e. The quantitative estimate of drug-likeness (QED) is 0.584. The van der Waals surface area contributed by atoms with Crippen LogP contribution in [0.15, 0.2) is 53.3 Å². The number of ether oxygens (including phenoxy) is 1. The van der Waals surface area contributed by atoms with Crippen molar-refractivity contribution in [2.24, 2.45) is 0 Å². The molecule has 0 aliphatic carbocycles. The van der Waals surface area contributed by atoms with Crippen molar-refractivity contribution in [2.75, 3.05) is 36.9 Å². The van der Waals surface area contributed by atoms with Gasteiger partial charge in [0, 0.05) is 30.0 Å². The number of benzene rings is 2. The summed E-state index contributed by atoms with van der Waals surface area (Å²) in [5.41, 5.74) is 2.71. The van der Waals surface area contributed by atoms with E-state index in [1.165, 1.54) is 0 Å². The molecule has 1 aliphatic rings. The van der Waals surface area contributed by atoms with Crippen LogP contribution in [-0.4, -0.2) is 47.2 Å². The van der Waals surface area contributed by atoms with Crippen molar-refractivity contribution in [1.29, 1.82) is 5.26 Å². The van der Waals surface area contributed by atoms with E-state index in [1.807, 2.05) is 37.3 Å². The number of amides is 2. The lowest BCUT2D eigenvalue weighted by Gasteiger charge is -2.26. The summed E-state index contributed by atoms with van der Waals surface area (Å²) < 4.78 is 5.26. The lowest BCUT2D eigenvalue weighted by Crippen LogP contribution is -2.43. The molecule has 1 fully saturated rings. The molecule has 9 heteroatoms. The van der Waals surface area contributed by atoms with Crippen LogP contribution in [0.4, 0.5) is 22.1 Å². The van der Waals surface area contributed by atoms with Crippen molar-refractivity contribution in [2.45, 2.75) is 6.92 Å². The van der Waals surface area contributed by atoms with Gasteiger partial charge in [-0.1, -0.05) is 29.8 Å². The number of hydrogen-bond donors (Lipinski definition) is 3. The van der Waals surface area contributed by atoms with E-state index in [2.05, 4.69) is 20.6 Å². The predicted molar refractivity (Wildman–Crippen MR) is 121 cm³/mol. The highest BCUT2D eigenvalue weighted by Gasteiger charge is 2.17. The second-order valence-electron chi connectivity index (χ2n) is 7.35. The highest BCUT2D eigenvalue weighted by atomic mass is 16.5. The molecule has 1 aromatic heterocycles. The van der Waals surface area contributed by atoms with Gasteiger partial charge >= 0.3 is 6.03 Å². The van der Waals surface area contributed by atoms with E-state index in [9.17, 15) is 14.9 Å². The smallest absolute Gasteiger partial charge is 0.321 e. The molecule has 2 amide bonds. The number of aromatic nitrogens is 2. The van der Waals surface area contributed by atoms with Crippen molar-refractivity contribution in [3.63, 3.8) is 0 Å². The van der Waals surface area contributed by atoms with Crippen molar-refractivity contribution in [3.05, 3.63) is 70.0 Å². The summed E-state index contributed by atoms with van der Waals surface area (Å²) in [5, 5.41) is 15.4. The second kappa shape index (κ2) is 9.32. The Morgan fingerprint density at radius 1 is 1.09 bits per heavy atom. The number of anilines is 3. The van der Waals surface area contributed by atoms with Crippen molar-refractivity contribution in [1.82, 2.24) is 14.9 Å². The number of nitriles is 1. The highest BCUT2D eigenvalue weighted by Crippen LogP contribution is 2.23. The van der Waals surface area contributed by atoms with Crippen LogP contribution in [0.5, 0.6) is 0 Å². The second-order valence-corrected chi connectivity index (χ2v) is 7.35. The number of hydrogen-bond acceptors (Lipinski definition) is 6. The van der Waals surface area contributed by atoms with Gasteiger partial charge in [-0.3, -0.25) is 9.78 Å². The number of aromatic amines is 1. The van der Waals surface area contributed by atoms with Gasteiger partial charge in [0.1, 0.15) is 11.6 Å². The molecular formula is C23H22N6O3. The third-order valence-electron chi connectivity index (χ3n) is 5.05. The maximum absolute atomic E-state index is 12.5. The molecule has 0 radical (unpaired) electrons. The summed E-state index contributed by atoms with van der Waals surface area (Å²) in [5.74, 6) is 0.234. The number of aryl methyl sites for hydroxylation is 1. The van der Waals surface area contributed by atoms with E-state index in [4.69, 9.17) is 4.74 Å². The summed E-state index contributed by atoms with van der Waals surface area (Å²) >= 11 is 0. The Hall–Kier alpha value is -4.16. The molecule has 2 aromatic carbocycles. The molecule has 0 spiro atoms. The first-order valence-corrected chi connectivity index (χ1v) is 10.2. The fourth-order valence-corrected chi connectivity index (χ4v) is 3.30. The Morgan fingerprint density at radius 3 is 2.41 bits per heavy atom. The number of carbonyl (C=O) groups excluding carboxylic acids is 1. The summed E-state index contributed by atoms with van der Waals surface area (Å²) in [6.07, 6.45) is 0. The summed E-state index contributed by atoms with van der Waals surface area (Å²) in [6.45, 7) is 4.12. The summed E-state index contributed by atoms with van der Waals surface area (Å²) in [7, 11) is 0. The average Bonchev–Trinajstić information content (AvgIpc) is 2.81. The van der Waals surface area contributed by atoms with Crippen molar-refractivity contribution < 1.29 is 9.53 Å². The van der Waals surface area contributed by atoms with Crippen LogP contribution in [0.3, 0.4) is 0 Å². The number of H-pyrrole nitrogens is 1. The molecule has 0 unspecified atom stereocenters. The van der Waals surface area contributed by atoms with Crippen molar-refractivity contribution >= 4 is 23.4 Å². The fraction of sp³-hybridized carbons (Fsp3) is 0.217. The van der Waals surface area contributed by atoms with Gasteiger partial charge in [-0.25, -0.2) is 9.78 Å². The van der Waals surface area contributed by atoms with Gasteiger partial charge in [0.15, 0.2) is 0 Å². The molecular weight excluding hydrogens is 408 g/mol. The SMILES string of the molecule is Cc1ccc(Nc2nc(-c3ccc(NC(=O)N4CCOCC4)cc3)c(C#N)c(=O)[nH]2)cc1. The standard InChI is InChI=1S/C23H22N6O3/c1-15-2-6-17(7-3-15)25-22-27-20(19(14-24)21(30)28-22)16-4-8-18(9-5-16)26-23(31)29-10-12-32-13-11-29/h2-9H,10-13H2,1H3,(H,26,31)(H2,25,27,28,30). The summed E-state index contributed by atoms with van der Waals surface area (Å²) in [6, 6.07) is 16.2. The molecule has 4 rings (SSSR count). The zero-order valence-electron chi connectivity index (χ0n) is 17.5. The number of nitrogens with one attached hydrogen (secondary N) is 3. The number of carbonyl (C=O) groups is 1. The Morgan fingerprint density at radius 2 is 1.75 bits per heavy atom. The van der Waals surface area contributed by atoms with E-state index in [0.29, 0.717) is 37.6 Å². The third kappa shape index (κ3) is 4.77. The lowest BCUT2D eigenvalue weighted by molar-refractivity contribution is 0.0564. The zero-order valence-corrected chi connectivity index (χ0v) is 17.5. The molecule has 0 bridgehead atoms. The van der Waals surface area contributed by atoms with Crippen LogP contribution in [0.2, 0.25) is 0 Å². The molecule has 9 nitrogen and oxygen atoms in total. The molecule has 32 heavy (non-hydrogen) atoms. The van der Waals surface area contributed by atoms with Crippen LogP contribution in [0, 0.1) is 18.3 Å². The zero-order chi connectivity index (χ0) is 22.5. The molecule has 0 atom stereocenters. The van der Waals surface area contributed by atoms with Gasteiger partial charge in [0.25, 0.3) is 5.56 Å². The van der Waals surface area contributed by atoms with Crippen LogP contribution >= 0.6 is 0 Å². The molecule has 162 valence electrons. The molecule has 0 saturated carbocycles. The lowest BCUT2D eigenvalue weighted by atomic mass is 10.1. The van der Waals surface area contributed by atoms with Gasteiger partial charge in [0.2, 0.25) is 5.95 Å². The minimum absolute atomic E-state index is 0.0791. The van der Waals surface area contributed by atoms with E-state index < -0.39 is 5.56 Å². The van der Waals surface area contributed by atoms with Crippen LogP contribution < -0.4 is 16.2 Å². The van der Waals surface area contributed by atoms with Gasteiger partial charge < -0.3 is 20.3 Å². The number of rotatable bonds is 4. The maximum atomic E-state index is 12.5. The fourth-order valence-electron chi connectivity index (χ4n) is 3.30. The normalized spacial score (nSPS) is 13.3. The average molecular weight is 430 g/mol. The van der Waals surface area contributed by atoms with E-state index in [0.717, 1.165) is 11.3 Å². The van der Waals surface area contributed by atoms with E-state index >= 15 is 0 Å². The molecule has 2 heterocycles. The van der Waals surface area contributed by atoms with E-state index in [1.54, 1.807) is 29.2 Å². The minimum atomic E-state index is -0.531. The van der Waals surface area contributed by atoms with Gasteiger partial charge in [0.05, 0.1) is 18.9 Å². The first kappa shape index (κ1) is 21.1. The number of urea groups is 1. The first-order chi connectivity index (χ1) is 15.5. The van der Waals surface area contributed by atoms with Crippen molar-refractivity contribution in [3.8, 4) is 17.3 Å².